The second-order valence-corrected chi connectivity index (χ2v) is 8.51. The van der Waals surface area contributed by atoms with Crippen molar-refractivity contribution >= 4 is 29.0 Å². The van der Waals surface area contributed by atoms with Gasteiger partial charge in [-0.1, -0.05) is 11.6 Å². The lowest BCUT2D eigenvalue weighted by Crippen LogP contribution is -2.37. The van der Waals surface area contributed by atoms with E-state index in [0.717, 1.165) is 30.6 Å². The summed E-state index contributed by atoms with van der Waals surface area (Å²) >= 11 is 6.54. The van der Waals surface area contributed by atoms with Crippen molar-refractivity contribution in [1.82, 2.24) is 20.2 Å². The molecule has 33 heavy (non-hydrogen) atoms. The van der Waals surface area contributed by atoms with Crippen molar-refractivity contribution in [1.29, 1.82) is 0 Å². The average Bonchev–Trinajstić information content (AvgIpc) is 3.21. The highest BCUT2D eigenvalue weighted by Crippen LogP contribution is 2.30. The number of benzene rings is 2. The van der Waals surface area contributed by atoms with Gasteiger partial charge >= 0.3 is 0 Å². The fraction of sp³-hybridized carbons (Fsp3) is 0.292. The Labute approximate surface area is 197 Å². The number of hydrogen-bond acceptors (Lipinski definition) is 7. The van der Waals surface area contributed by atoms with Crippen molar-refractivity contribution in [2.75, 3.05) is 32.6 Å². The van der Waals surface area contributed by atoms with Crippen LogP contribution < -0.4 is 10.6 Å². The number of phenols is 1. The van der Waals surface area contributed by atoms with Gasteiger partial charge in [-0.25, -0.2) is 4.98 Å². The number of aromatic nitrogens is 2. The molecule has 0 spiro atoms. The first-order valence-corrected chi connectivity index (χ1v) is 11.0. The van der Waals surface area contributed by atoms with E-state index in [1.165, 1.54) is 0 Å². The number of halogens is 1. The molecule has 9 heteroatoms. The van der Waals surface area contributed by atoms with E-state index in [2.05, 4.69) is 25.5 Å². The summed E-state index contributed by atoms with van der Waals surface area (Å²) in [6.45, 7) is 2.05. The molecule has 1 fully saturated rings. The maximum Gasteiger partial charge on any atom is 0.251 e. The van der Waals surface area contributed by atoms with Gasteiger partial charge in [0.15, 0.2) is 0 Å². The quantitative estimate of drug-likeness (QED) is 0.485. The number of likely N-dealkylation sites (N-methyl/N-ethyl adjacent to an activating group) is 1. The monoisotopic (exact) mass is 467 g/mol. The lowest BCUT2D eigenvalue weighted by atomic mass is 10.1. The van der Waals surface area contributed by atoms with E-state index >= 15 is 0 Å². The number of likely N-dealkylation sites (tertiary alicyclic amines) is 1. The van der Waals surface area contributed by atoms with Crippen molar-refractivity contribution in [2.45, 2.75) is 19.1 Å². The van der Waals surface area contributed by atoms with Gasteiger partial charge in [-0.05, 0) is 62.0 Å². The predicted molar refractivity (Wildman–Crippen MR) is 128 cm³/mol. The Hall–Kier alpha value is -3.20. The number of nitrogens with one attached hydrogen (secondary N) is 2. The van der Waals surface area contributed by atoms with Crippen molar-refractivity contribution in [2.24, 2.45) is 0 Å². The molecule has 0 radical (unpaired) electrons. The lowest BCUT2D eigenvalue weighted by molar-refractivity contribution is 0.0933. The van der Waals surface area contributed by atoms with Crippen LogP contribution in [0.3, 0.4) is 0 Å². The molecule has 1 aromatic heterocycles. The molecule has 1 saturated heterocycles. The molecule has 8 nitrogen and oxygen atoms in total. The molecular weight excluding hydrogens is 442 g/mol. The van der Waals surface area contributed by atoms with Gasteiger partial charge in [-0.2, -0.15) is 0 Å². The van der Waals surface area contributed by atoms with E-state index in [4.69, 9.17) is 16.3 Å². The first-order chi connectivity index (χ1) is 15.9. The van der Waals surface area contributed by atoms with E-state index < -0.39 is 0 Å². The van der Waals surface area contributed by atoms with Crippen LogP contribution in [0.2, 0.25) is 5.02 Å². The van der Waals surface area contributed by atoms with Gasteiger partial charge in [0.1, 0.15) is 11.6 Å². The zero-order valence-corrected chi connectivity index (χ0v) is 19.3. The van der Waals surface area contributed by atoms with Crippen LogP contribution in [0, 0.1) is 0 Å². The van der Waals surface area contributed by atoms with Gasteiger partial charge in [-0.15, -0.1) is 0 Å². The Morgan fingerprint density at radius 2 is 2.06 bits per heavy atom. The predicted octanol–water partition coefficient (Wildman–Crippen LogP) is 3.83. The molecule has 1 aliphatic rings. The average molecular weight is 468 g/mol. The Morgan fingerprint density at radius 3 is 2.76 bits per heavy atom. The zero-order valence-electron chi connectivity index (χ0n) is 18.5. The summed E-state index contributed by atoms with van der Waals surface area (Å²) in [7, 11) is 3.63. The van der Waals surface area contributed by atoms with E-state index in [9.17, 15) is 9.90 Å². The standard InChI is InChI=1S/C24H26ClN5O3/c1-30-8-7-17(13-30)27-24(32)19-10-20(25)21(9-16(19)14-33-2)28-23-12-26-11-22(29-23)15-3-5-18(31)6-4-15/h3-6,9-12,17,31H,7-8,13-14H2,1-2H3,(H,27,32)(H,28,29). The third-order valence-corrected chi connectivity index (χ3v) is 5.84. The number of phenolic OH excluding ortho intramolecular Hbond substituents is 1. The van der Waals surface area contributed by atoms with E-state index in [1.54, 1.807) is 55.9 Å². The molecule has 0 aliphatic carbocycles. The molecule has 3 N–H and O–H groups in total. The molecule has 3 aromatic rings. The van der Waals surface area contributed by atoms with E-state index in [-0.39, 0.29) is 24.3 Å². The highest BCUT2D eigenvalue weighted by molar-refractivity contribution is 6.33. The Balaban J connectivity index is 1.57. The second kappa shape index (κ2) is 10.2. The number of ether oxygens (including phenoxy) is 1. The molecule has 1 amide bonds. The van der Waals surface area contributed by atoms with E-state index in [1.807, 2.05) is 7.05 Å². The minimum Gasteiger partial charge on any atom is -0.508 e. The van der Waals surface area contributed by atoms with Gasteiger partial charge in [0, 0.05) is 30.8 Å². The number of rotatable bonds is 7. The van der Waals surface area contributed by atoms with Gasteiger partial charge in [0.2, 0.25) is 0 Å². The summed E-state index contributed by atoms with van der Waals surface area (Å²) < 4.78 is 5.33. The number of carbonyl (C=O) groups excluding carboxylic acids is 1. The fourth-order valence-electron chi connectivity index (χ4n) is 3.85. The van der Waals surface area contributed by atoms with Crippen molar-refractivity contribution in [3.63, 3.8) is 0 Å². The summed E-state index contributed by atoms with van der Waals surface area (Å²) in [5.74, 6) is 0.518. The molecule has 0 saturated carbocycles. The van der Waals surface area contributed by atoms with Crippen LogP contribution in [0.15, 0.2) is 48.8 Å². The van der Waals surface area contributed by atoms with Crippen molar-refractivity contribution < 1.29 is 14.6 Å². The minimum absolute atomic E-state index is 0.118. The molecule has 0 bridgehead atoms. The fourth-order valence-corrected chi connectivity index (χ4v) is 4.06. The SMILES string of the molecule is COCc1cc(Nc2cncc(-c3ccc(O)cc3)n2)c(Cl)cc1C(=O)NC1CCN(C)C1. The Bertz CT molecular complexity index is 1140. The topological polar surface area (TPSA) is 99.6 Å². The summed E-state index contributed by atoms with van der Waals surface area (Å²) in [6, 6.07) is 10.3. The smallest absolute Gasteiger partial charge is 0.251 e. The summed E-state index contributed by atoms with van der Waals surface area (Å²) in [6.07, 6.45) is 4.15. The van der Waals surface area contributed by atoms with Crippen molar-refractivity contribution in [3.8, 4) is 17.0 Å². The first kappa shape index (κ1) is 23.0. The minimum atomic E-state index is -0.162. The molecular formula is C24H26ClN5O3. The number of anilines is 2. The number of hydrogen-bond donors (Lipinski definition) is 3. The number of nitrogens with zero attached hydrogens (tertiary/aromatic N) is 3. The summed E-state index contributed by atoms with van der Waals surface area (Å²) in [4.78, 5) is 24.0. The van der Waals surface area contributed by atoms with Crippen molar-refractivity contribution in [3.05, 3.63) is 64.9 Å². The van der Waals surface area contributed by atoms with Gasteiger partial charge < -0.3 is 25.4 Å². The second-order valence-electron chi connectivity index (χ2n) is 8.10. The maximum absolute atomic E-state index is 12.9. The zero-order chi connectivity index (χ0) is 23.4. The van der Waals surface area contributed by atoms with Crippen LogP contribution in [0.5, 0.6) is 5.75 Å². The van der Waals surface area contributed by atoms with Gasteiger partial charge in [0.05, 0.1) is 35.4 Å². The van der Waals surface area contributed by atoms with Gasteiger partial charge in [-0.3, -0.25) is 9.78 Å². The molecule has 1 aliphatic heterocycles. The third kappa shape index (κ3) is 5.60. The molecule has 1 unspecified atom stereocenters. The molecule has 1 atom stereocenters. The van der Waals surface area contributed by atoms with Crippen LogP contribution in [0.25, 0.3) is 11.3 Å². The number of methoxy groups -OCH3 is 1. The normalized spacial score (nSPS) is 16.0. The Morgan fingerprint density at radius 1 is 1.27 bits per heavy atom. The molecule has 172 valence electrons. The van der Waals surface area contributed by atoms with E-state index in [0.29, 0.717) is 27.8 Å². The number of aromatic hydroxyl groups is 1. The maximum atomic E-state index is 12.9. The highest BCUT2D eigenvalue weighted by Gasteiger charge is 2.23. The number of amides is 1. The van der Waals surface area contributed by atoms with Crippen LogP contribution in [-0.2, 0) is 11.3 Å². The van der Waals surface area contributed by atoms with Crippen LogP contribution >= 0.6 is 11.6 Å². The van der Waals surface area contributed by atoms with Crippen LogP contribution in [-0.4, -0.2) is 59.2 Å². The number of carbonyl (C=O) groups is 1. The van der Waals surface area contributed by atoms with Crippen LogP contribution in [0.4, 0.5) is 11.5 Å². The summed E-state index contributed by atoms with van der Waals surface area (Å²) in [5, 5.41) is 16.2. The molecule has 2 aromatic carbocycles. The Kier molecular flexibility index (Phi) is 7.08. The largest absolute Gasteiger partial charge is 0.508 e. The highest BCUT2D eigenvalue weighted by atomic mass is 35.5. The van der Waals surface area contributed by atoms with Gasteiger partial charge in [0.25, 0.3) is 5.91 Å². The molecule has 2 heterocycles. The molecule has 4 rings (SSSR count). The first-order valence-electron chi connectivity index (χ1n) is 10.6. The van der Waals surface area contributed by atoms with Crippen LogP contribution in [0.1, 0.15) is 22.3 Å². The third-order valence-electron chi connectivity index (χ3n) is 5.52. The lowest BCUT2D eigenvalue weighted by Gasteiger charge is -2.17. The summed E-state index contributed by atoms with van der Waals surface area (Å²) in [5.41, 5.74) is 3.27.